The molecule has 0 amide bonds. The first-order valence-electron chi connectivity index (χ1n) is 8.17. The normalized spacial score (nSPS) is 16.4. The average Bonchev–Trinajstić information content (AvgIpc) is 2.62. The maximum atomic E-state index is 12.9. The molecule has 0 unspecified atom stereocenters. The van der Waals surface area contributed by atoms with E-state index in [1.165, 1.54) is 18.3 Å². The number of hydrogen-bond donors (Lipinski definition) is 0. The number of sulfone groups is 1. The van der Waals surface area contributed by atoms with Gasteiger partial charge in [0.05, 0.1) is 5.25 Å². The zero-order valence-corrected chi connectivity index (χ0v) is 15.5. The molecule has 1 aliphatic heterocycles. The van der Waals surface area contributed by atoms with Crippen LogP contribution >= 0.6 is 12.4 Å². The van der Waals surface area contributed by atoms with Crippen molar-refractivity contribution in [2.75, 3.05) is 19.6 Å². The number of aromatic nitrogens is 1. The van der Waals surface area contributed by atoms with Crippen LogP contribution < -0.4 is 0 Å². The first kappa shape index (κ1) is 19.8. The zero-order chi connectivity index (χ0) is 17.0. The van der Waals surface area contributed by atoms with E-state index in [0.717, 1.165) is 31.6 Å². The van der Waals surface area contributed by atoms with E-state index < -0.39 is 9.84 Å². The Bertz CT molecular complexity index is 761. The Hall–Kier alpha value is -1.50. The highest BCUT2D eigenvalue weighted by atomic mass is 35.5. The van der Waals surface area contributed by atoms with Crippen molar-refractivity contribution in [2.45, 2.75) is 29.5 Å². The highest BCUT2D eigenvalue weighted by molar-refractivity contribution is 7.92. The van der Waals surface area contributed by atoms with Gasteiger partial charge in [0, 0.05) is 12.7 Å². The fourth-order valence-corrected chi connectivity index (χ4v) is 4.72. The summed E-state index contributed by atoms with van der Waals surface area (Å²) in [6.07, 6.45) is 3.62. The third-order valence-corrected chi connectivity index (χ3v) is 6.71. The molecule has 0 bridgehead atoms. The first-order valence-corrected chi connectivity index (χ1v) is 9.72. The van der Waals surface area contributed by atoms with Crippen LogP contribution in [-0.4, -0.2) is 43.2 Å². The van der Waals surface area contributed by atoms with Crippen LogP contribution in [0.4, 0.5) is 4.39 Å². The van der Waals surface area contributed by atoms with Crippen molar-refractivity contribution in [3.63, 3.8) is 0 Å². The molecule has 1 fully saturated rings. The van der Waals surface area contributed by atoms with Crippen molar-refractivity contribution >= 4 is 22.2 Å². The molecule has 2 aromatic rings. The fourth-order valence-electron chi connectivity index (χ4n) is 3.07. The van der Waals surface area contributed by atoms with E-state index in [-0.39, 0.29) is 28.5 Å². The number of likely N-dealkylation sites (tertiary alicyclic amines) is 1. The van der Waals surface area contributed by atoms with Gasteiger partial charge in [0.15, 0.2) is 14.9 Å². The second kappa shape index (κ2) is 8.74. The molecule has 3 rings (SSSR count). The summed E-state index contributed by atoms with van der Waals surface area (Å²) in [4.78, 5) is 6.27. The van der Waals surface area contributed by atoms with Gasteiger partial charge in [0.1, 0.15) is 5.82 Å². The van der Waals surface area contributed by atoms with Crippen LogP contribution in [0.25, 0.3) is 0 Å². The maximum absolute atomic E-state index is 12.9. The van der Waals surface area contributed by atoms with Gasteiger partial charge in [-0.3, -0.25) is 0 Å². The average molecular weight is 385 g/mol. The third-order valence-electron chi connectivity index (χ3n) is 4.53. The summed E-state index contributed by atoms with van der Waals surface area (Å²) in [5.41, 5.74) is 1.10. The van der Waals surface area contributed by atoms with Crippen molar-refractivity contribution < 1.29 is 12.8 Å². The highest BCUT2D eigenvalue weighted by Gasteiger charge is 2.31. The van der Waals surface area contributed by atoms with Gasteiger partial charge in [-0.15, -0.1) is 12.4 Å². The predicted molar refractivity (Wildman–Crippen MR) is 98.2 cm³/mol. The summed E-state index contributed by atoms with van der Waals surface area (Å²) >= 11 is 0. The van der Waals surface area contributed by atoms with E-state index in [2.05, 4.69) is 9.88 Å². The van der Waals surface area contributed by atoms with Crippen molar-refractivity contribution in [1.82, 2.24) is 9.88 Å². The Labute approximate surface area is 154 Å². The third kappa shape index (κ3) is 5.00. The van der Waals surface area contributed by atoms with Gasteiger partial charge < -0.3 is 4.90 Å². The molecule has 0 atom stereocenters. The van der Waals surface area contributed by atoms with Crippen molar-refractivity contribution in [2.24, 2.45) is 0 Å². The lowest BCUT2D eigenvalue weighted by molar-refractivity contribution is 0.232. The quantitative estimate of drug-likeness (QED) is 0.794. The molecule has 0 N–H and O–H groups in total. The van der Waals surface area contributed by atoms with E-state index in [1.54, 1.807) is 30.3 Å². The molecule has 0 aliphatic carbocycles. The molecule has 0 spiro atoms. The van der Waals surface area contributed by atoms with E-state index in [1.807, 2.05) is 0 Å². The smallest absolute Gasteiger partial charge is 0.198 e. The van der Waals surface area contributed by atoms with Gasteiger partial charge in [0.2, 0.25) is 0 Å². The Morgan fingerprint density at radius 1 is 1.08 bits per heavy atom. The molecule has 0 radical (unpaired) electrons. The molecule has 1 saturated heterocycles. The number of hydrogen-bond acceptors (Lipinski definition) is 4. The lowest BCUT2D eigenvalue weighted by Gasteiger charge is -2.31. The van der Waals surface area contributed by atoms with Crippen LogP contribution in [0.2, 0.25) is 0 Å². The molecule has 25 heavy (non-hydrogen) atoms. The van der Waals surface area contributed by atoms with Crippen LogP contribution in [0.5, 0.6) is 0 Å². The molecule has 1 aromatic carbocycles. The molecular formula is C18H22ClFN2O2S. The summed E-state index contributed by atoms with van der Waals surface area (Å²) in [5, 5.41) is -0.177. The maximum Gasteiger partial charge on any atom is 0.198 e. The summed E-state index contributed by atoms with van der Waals surface area (Å²) in [6.45, 7) is 2.39. The van der Waals surface area contributed by atoms with Crippen LogP contribution in [-0.2, 0) is 16.3 Å². The Morgan fingerprint density at radius 3 is 2.36 bits per heavy atom. The molecule has 7 heteroatoms. The summed E-state index contributed by atoms with van der Waals surface area (Å²) in [5.74, 6) is -0.223. The number of pyridine rings is 1. The van der Waals surface area contributed by atoms with Gasteiger partial charge in [-0.25, -0.2) is 17.8 Å². The number of benzene rings is 1. The van der Waals surface area contributed by atoms with E-state index in [4.69, 9.17) is 0 Å². The van der Waals surface area contributed by atoms with E-state index in [0.29, 0.717) is 12.8 Å². The summed E-state index contributed by atoms with van der Waals surface area (Å²) in [6, 6.07) is 11.5. The monoisotopic (exact) mass is 384 g/mol. The standard InChI is InChI=1S/C18H21FN2O2S.ClH/c19-16-6-4-15(5-7-16)8-12-21-13-9-17(10-14-21)24(22,23)18-3-1-2-11-20-18;/h1-7,11,17H,8-10,12-14H2;1H. The Kier molecular flexibility index (Phi) is 6.93. The van der Waals surface area contributed by atoms with E-state index in [9.17, 15) is 12.8 Å². The Morgan fingerprint density at radius 2 is 1.76 bits per heavy atom. The lowest BCUT2D eigenvalue weighted by Crippen LogP contribution is -2.40. The van der Waals surface area contributed by atoms with Gasteiger partial charge in [0.25, 0.3) is 0 Å². The topological polar surface area (TPSA) is 50.3 Å². The highest BCUT2D eigenvalue weighted by Crippen LogP contribution is 2.23. The zero-order valence-electron chi connectivity index (χ0n) is 13.8. The Balaban J connectivity index is 0.00000225. The number of rotatable bonds is 5. The van der Waals surface area contributed by atoms with Crippen molar-refractivity contribution in [3.8, 4) is 0 Å². The lowest BCUT2D eigenvalue weighted by atomic mass is 10.1. The van der Waals surface area contributed by atoms with Crippen LogP contribution in [0.3, 0.4) is 0 Å². The van der Waals surface area contributed by atoms with Crippen LogP contribution in [0.1, 0.15) is 18.4 Å². The minimum Gasteiger partial charge on any atom is -0.303 e. The van der Waals surface area contributed by atoms with Gasteiger partial charge >= 0.3 is 0 Å². The molecular weight excluding hydrogens is 363 g/mol. The fraction of sp³-hybridized carbons (Fsp3) is 0.389. The first-order chi connectivity index (χ1) is 11.6. The van der Waals surface area contributed by atoms with Crippen molar-refractivity contribution in [1.29, 1.82) is 0 Å². The van der Waals surface area contributed by atoms with Gasteiger partial charge in [-0.05, 0) is 62.2 Å². The van der Waals surface area contributed by atoms with Crippen LogP contribution in [0, 0.1) is 5.82 Å². The number of nitrogens with zero attached hydrogens (tertiary/aromatic N) is 2. The molecule has 136 valence electrons. The van der Waals surface area contributed by atoms with Gasteiger partial charge in [-0.1, -0.05) is 18.2 Å². The number of halogens is 2. The SMILES string of the molecule is Cl.O=S(=O)(c1ccccn1)C1CCN(CCc2ccc(F)cc2)CC1. The van der Waals surface area contributed by atoms with Crippen molar-refractivity contribution in [3.05, 3.63) is 60.0 Å². The summed E-state index contributed by atoms with van der Waals surface area (Å²) in [7, 11) is -3.34. The molecule has 1 aliphatic rings. The van der Waals surface area contributed by atoms with Gasteiger partial charge in [-0.2, -0.15) is 0 Å². The molecule has 4 nitrogen and oxygen atoms in total. The second-order valence-electron chi connectivity index (χ2n) is 6.13. The molecule has 2 heterocycles. The largest absolute Gasteiger partial charge is 0.303 e. The second-order valence-corrected chi connectivity index (χ2v) is 8.31. The predicted octanol–water partition coefficient (Wildman–Crippen LogP) is 3.12. The summed E-state index contributed by atoms with van der Waals surface area (Å²) < 4.78 is 38.1. The number of piperidine rings is 1. The molecule has 1 aromatic heterocycles. The minimum absolute atomic E-state index is 0. The molecule has 0 saturated carbocycles. The van der Waals surface area contributed by atoms with Crippen LogP contribution in [0.15, 0.2) is 53.7 Å². The van der Waals surface area contributed by atoms with E-state index >= 15 is 0 Å². The minimum atomic E-state index is -3.34.